The van der Waals surface area contributed by atoms with Crippen LogP contribution in [0, 0.1) is 0 Å². The van der Waals surface area contributed by atoms with Crippen LogP contribution < -0.4 is 0 Å². The molecule has 0 unspecified atom stereocenters. The van der Waals surface area contributed by atoms with Crippen LogP contribution in [-0.4, -0.2) is 60.8 Å². The van der Waals surface area contributed by atoms with Gasteiger partial charge >= 0.3 is 0 Å². The lowest BCUT2D eigenvalue weighted by Crippen LogP contribution is -2.46. The second kappa shape index (κ2) is 6.23. The Balaban J connectivity index is 1.66. The summed E-state index contributed by atoms with van der Waals surface area (Å²) in [6.45, 7) is 1.35. The number of aromatic nitrogens is 1. The molecule has 2 aliphatic heterocycles. The SMILES string of the molecule is O=S(=O)(c1ccc(Cl)nc1)N1CC[C@@H](N2CCC(F)(F)CC2)C1. The van der Waals surface area contributed by atoms with E-state index in [1.807, 2.05) is 4.90 Å². The summed E-state index contributed by atoms with van der Waals surface area (Å²) in [5.41, 5.74) is 0. The Kier molecular flexibility index (Phi) is 4.61. The quantitative estimate of drug-likeness (QED) is 0.771. The maximum absolute atomic E-state index is 13.2. The van der Waals surface area contributed by atoms with Gasteiger partial charge in [-0.2, -0.15) is 4.31 Å². The Bertz CT molecular complexity index is 659. The number of rotatable bonds is 3. The number of likely N-dealkylation sites (tertiary alicyclic amines) is 1. The molecule has 0 amide bonds. The second-order valence-corrected chi connectivity index (χ2v) is 8.34. The van der Waals surface area contributed by atoms with Crippen LogP contribution in [-0.2, 0) is 10.0 Å². The molecule has 5 nitrogen and oxygen atoms in total. The van der Waals surface area contributed by atoms with Gasteiger partial charge in [-0.15, -0.1) is 0 Å². The number of pyridine rings is 1. The summed E-state index contributed by atoms with van der Waals surface area (Å²) in [5.74, 6) is -2.59. The topological polar surface area (TPSA) is 53.5 Å². The lowest BCUT2D eigenvalue weighted by atomic mass is 10.0. The summed E-state index contributed by atoms with van der Waals surface area (Å²) in [4.78, 5) is 5.89. The van der Waals surface area contributed by atoms with E-state index in [4.69, 9.17) is 11.6 Å². The molecule has 23 heavy (non-hydrogen) atoms. The van der Waals surface area contributed by atoms with E-state index in [1.165, 1.54) is 22.6 Å². The monoisotopic (exact) mass is 365 g/mol. The van der Waals surface area contributed by atoms with Gasteiger partial charge in [-0.05, 0) is 18.6 Å². The first-order valence-electron chi connectivity index (χ1n) is 7.51. The van der Waals surface area contributed by atoms with E-state index in [-0.39, 0.29) is 28.9 Å². The van der Waals surface area contributed by atoms with Gasteiger partial charge in [0.05, 0.1) is 0 Å². The van der Waals surface area contributed by atoms with E-state index in [1.54, 1.807) is 0 Å². The number of piperidine rings is 1. The third-order valence-electron chi connectivity index (χ3n) is 4.51. The summed E-state index contributed by atoms with van der Waals surface area (Å²) >= 11 is 5.68. The Morgan fingerprint density at radius 3 is 2.52 bits per heavy atom. The zero-order chi connectivity index (χ0) is 16.7. The first-order valence-corrected chi connectivity index (χ1v) is 9.33. The molecule has 0 aliphatic carbocycles. The van der Waals surface area contributed by atoms with E-state index < -0.39 is 15.9 Å². The molecule has 2 fully saturated rings. The van der Waals surface area contributed by atoms with Gasteiger partial charge in [0.1, 0.15) is 10.0 Å². The molecule has 1 atom stereocenters. The lowest BCUT2D eigenvalue weighted by Gasteiger charge is -2.35. The summed E-state index contributed by atoms with van der Waals surface area (Å²) in [7, 11) is -3.61. The van der Waals surface area contributed by atoms with Crippen LogP contribution in [0.2, 0.25) is 5.15 Å². The highest BCUT2D eigenvalue weighted by Gasteiger charge is 2.40. The molecule has 128 valence electrons. The minimum Gasteiger partial charge on any atom is -0.299 e. The standard InChI is InChI=1S/C14H18ClF2N3O2S/c15-13-2-1-12(9-18-13)23(21,22)20-6-3-11(10-20)19-7-4-14(16,17)5-8-19/h1-2,9,11H,3-8,10H2/t11-/m1/s1. The maximum atomic E-state index is 13.2. The van der Waals surface area contributed by atoms with Gasteiger partial charge in [0, 0.05) is 51.3 Å². The van der Waals surface area contributed by atoms with Crippen molar-refractivity contribution in [3.8, 4) is 0 Å². The van der Waals surface area contributed by atoms with Gasteiger partial charge in [-0.1, -0.05) is 11.6 Å². The van der Waals surface area contributed by atoms with Crippen molar-refractivity contribution in [3.63, 3.8) is 0 Å². The Morgan fingerprint density at radius 2 is 1.91 bits per heavy atom. The molecule has 0 radical (unpaired) electrons. The maximum Gasteiger partial charge on any atom is 0.250 e. The molecular formula is C14H18ClF2N3O2S. The van der Waals surface area contributed by atoms with Gasteiger partial charge < -0.3 is 0 Å². The number of hydrogen-bond acceptors (Lipinski definition) is 4. The number of sulfonamides is 1. The van der Waals surface area contributed by atoms with Gasteiger partial charge in [-0.3, -0.25) is 4.90 Å². The molecule has 1 aromatic heterocycles. The fourth-order valence-corrected chi connectivity index (χ4v) is 4.66. The highest BCUT2D eigenvalue weighted by atomic mass is 35.5. The Labute approximate surface area is 139 Å². The third kappa shape index (κ3) is 3.65. The largest absolute Gasteiger partial charge is 0.299 e. The summed E-state index contributed by atoms with van der Waals surface area (Å²) in [6, 6.07) is 2.87. The number of hydrogen-bond donors (Lipinski definition) is 0. The molecule has 0 N–H and O–H groups in total. The van der Waals surface area contributed by atoms with Crippen LogP contribution in [0.3, 0.4) is 0 Å². The molecule has 0 saturated carbocycles. The van der Waals surface area contributed by atoms with Crippen molar-refractivity contribution in [2.75, 3.05) is 26.2 Å². The van der Waals surface area contributed by atoms with Crippen molar-refractivity contribution in [3.05, 3.63) is 23.5 Å². The summed E-state index contributed by atoms with van der Waals surface area (Å²) in [5, 5.41) is 0.234. The van der Waals surface area contributed by atoms with Crippen molar-refractivity contribution >= 4 is 21.6 Å². The van der Waals surface area contributed by atoms with Crippen LogP contribution in [0.1, 0.15) is 19.3 Å². The highest BCUT2D eigenvalue weighted by molar-refractivity contribution is 7.89. The van der Waals surface area contributed by atoms with Crippen LogP contribution in [0.4, 0.5) is 8.78 Å². The van der Waals surface area contributed by atoms with Crippen molar-refractivity contribution in [2.45, 2.75) is 36.1 Å². The van der Waals surface area contributed by atoms with Crippen molar-refractivity contribution in [1.29, 1.82) is 0 Å². The predicted octanol–water partition coefficient (Wildman–Crippen LogP) is 2.23. The molecule has 1 aromatic rings. The van der Waals surface area contributed by atoms with E-state index in [0.29, 0.717) is 32.6 Å². The van der Waals surface area contributed by atoms with Crippen LogP contribution in [0.5, 0.6) is 0 Å². The average Bonchev–Trinajstić information content (AvgIpc) is 2.98. The normalized spacial score (nSPS) is 26.5. The third-order valence-corrected chi connectivity index (χ3v) is 6.58. The second-order valence-electron chi connectivity index (χ2n) is 6.01. The molecule has 0 bridgehead atoms. The lowest BCUT2D eigenvalue weighted by molar-refractivity contribution is -0.0618. The zero-order valence-corrected chi connectivity index (χ0v) is 14.0. The van der Waals surface area contributed by atoms with Gasteiger partial charge in [0.15, 0.2) is 0 Å². The first-order chi connectivity index (χ1) is 10.8. The van der Waals surface area contributed by atoms with E-state index in [9.17, 15) is 17.2 Å². The van der Waals surface area contributed by atoms with E-state index >= 15 is 0 Å². The van der Waals surface area contributed by atoms with Crippen LogP contribution >= 0.6 is 11.6 Å². The number of nitrogens with zero attached hydrogens (tertiary/aromatic N) is 3. The molecule has 3 rings (SSSR count). The van der Waals surface area contributed by atoms with Crippen LogP contribution in [0.15, 0.2) is 23.2 Å². The molecule has 2 aliphatic rings. The molecule has 9 heteroatoms. The molecular weight excluding hydrogens is 348 g/mol. The molecule has 3 heterocycles. The van der Waals surface area contributed by atoms with Crippen LogP contribution in [0.25, 0.3) is 0 Å². The van der Waals surface area contributed by atoms with Gasteiger partial charge in [0.2, 0.25) is 10.0 Å². The highest BCUT2D eigenvalue weighted by Crippen LogP contribution is 2.31. The molecule has 0 spiro atoms. The summed E-state index contributed by atoms with van der Waals surface area (Å²) < 4.78 is 53.0. The average molecular weight is 366 g/mol. The van der Waals surface area contributed by atoms with Crippen molar-refractivity contribution in [2.24, 2.45) is 0 Å². The number of alkyl halides is 2. The molecule has 0 aromatic carbocycles. The fraction of sp³-hybridized carbons (Fsp3) is 0.643. The number of halogens is 3. The smallest absolute Gasteiger partial charge is 0.250 e. The van der Waals surface area contributed by atoms with Gasteiger partial charge in [-0.25, -0.2) is 22.2 Å². The van der Waals surface area contributed by atoms with E-state index in [0.717, 1.165) is 0 Å². The van der Waals surface area contributed by atoms with Gasteiger partial charge in [0.25, 0.3) is 5.92 Å². The first kappa shape index (κ1) is 17.0. The fourth-order valence-electron chi connectivity index (χ4n) is 3.11. The van der Waals surface area contributed by atoms with E-state index in [2.05, 4.69) is 4.98 Å². The predicted molar refractivity (Wildman–Crippen MR) is 82.2 cm³/mol. The zero-order valence-electron chi connectivity index (χ0n) is 12.5. The minimum absolute atomic E-state index is 0.00105. The van der Waals surface area contributed by atoms with Crippen molar-refractivity contribution in [1.82, 2.24) is 14.2 Å². The minimum atomic E-state index is -3.61. The Hall–Kier alpha value is -0.830. The Morgan fingerprint density at radius 1 is 1.22 bits per heavy atom. The summed E-state index contributed by atoms with van der Waals surface area (Å²) in [6.07, 6.45) is 1.59. The molecule has 2 saturated heterocycles. The van der Waals surface area contributed by atoms with Crippen molar-refractivity contribution < 1.29 is 17.2 Å².